The van der Waals surface area contributed by atoms with Gasteiger partial charge in [-0.25, -0.2) is 5.84 Å². The van der Waals surface area contributed by atoms with Crippen molar-refractivity contribution in [3.05, 3.63) is 32.7 Å². The first-order valence-electron chi connectivity index (χ1n) is 6.06. The lowest BCUT2D eigenvalue weighted by molar-refractivity contribution is -0.577. The van der Waals surface area contributed by atoms with Gasteiger partial charge in [-0.1, -0.05) is 31.9 Å². The molecule has 0 aliphatic heterocycles. The summed E-state index contributed by atoms with van der Waals surface area (Å²) in [6, 6.07) is 6.38. The van der Waals surface area contributed by atoms with E-state index in [0.29, 0.717) is 6.04 Å². The van der Waals surface area contributed by atoms with Gasteiger partial charge in [0.2, 0.25) is 6.21 Å². The van der Waals surface area contributed by atoms with Gasteiger partial charge in [0.1, 0.15) is 0 Å². The second-order valence-corrected chi connectivity index (χ2v) is 6.57. The molecule has 1 aromatic carbocycles. The number of nitrogens with two attached hydrogens (primary N) is 1. The van der Waals surface area contributed by atoms with Gasteiger partial charge in [0, 0.05) is 27.4 Å². The van der Waals surface area contributed by atoms with Crippen LogP contribution in [0.15, 0.2) is 27.1 Å². The van der Waals surface area contributed by atoms with Crippen LogP contribution in [0.5, 0.6) is 0 Å². The summed E-state index contributed by atoms with van der Waals surface area (Å²) in [6.45, 7) is 0. The van der Waals surface area contributed by atoms with E-state index in [1.54, 1.807) is 4.68 Å². The highest BCUT2D eigenvalue weighted by Gasteiger charge is 2.26. The van der Waals surface area contributed by atoms with Crippen molar-refractivity contribution >= 4 is 38.1 Å². The molecule has 1 fully saturated rings. The quantitative estimate of drug-likeness (QED) is 0.361. The number of hydrazine groups is 1. The molecule has 1 aromatic rings. The van der Waals surface area contributed by atoms with Gasteiger partial charge in [-0.3, -0.25) is 0 Å². The molecule has 0 radical (unpaired) electrons. The molecule has 1 aliphatic rings. The second kappa shape index (κ2) is 6.17. The van der Waals surface area contributed by atoms with Crippen molar-refractivity contribution in [2.45, 2.75) is 37.8 Å². The number of nitrogens with zero attached hydrogens (tertiary/aromatic N) is 1. The molecule has 3 N–H and O–H groups in total. The van der Waals surface area contributed by atoms with Gasteiger partial charge in [-0.15, -0.1) is 4.68 Å². The van der Waals surface area contributed by atoms with Crippen molar-refractivity contribution in [3.8, 4) is 0 Å². The third kappa shape index (κ3) is 3.80. The zero-order chi connectivity index (χ0) is 13.1. The SMILES string of the molecule is N[N+](=Cc1cc(Br)cc(Br)c1)[C@H]1CC[C@H](O)CC1. The van der Waals surface area contributed by atoms with Crippen LogP contribution in [-0.4, -0.2) is 28.2 Å². The molecule has 98 valence electrons. The van der Waals surface area contributed by atoms with Crippen molar-refractivity contribution in [3.63, 3.8) is 0 Å². The average molecular weight is 377 g/mol. The van der Waals surface area contributed by atoms with E-state index in [4.69, 9.17) is 5.84 Å². The maximum absolute atomic E-state index is 9.49. The first-order valence-corrected chi connectivity index (χ1v) is 7.65. The summed E-state index contributed by atoms with van der Waals surface area (Å²) in [5.41, 5.74) is 1.06. The van der Waals surface area contributed by atoms with Crippen molar-refractivity contribution in [1.29, 1.82) is 0 Å². The molecule has 0 heterocycles. The number of rotatable bonds is 2. The number of halogens is 2. The van der Waals surface area contributed by atoms with Crippen molar-refractivity contribution in [2.75, 3.05) is 0 Å². The molecular weight excluding hydrogens is 360 g/mol. The Bertz CT molecular complexity index is 434. The van der Waals surface area contributed by atoms with Crippen LogP contribution >= 0.6 is 31.9 Å². The second-order valence-electron chi connectivity index (χ2n) is 4.74. The summed E-state index contributed by atoms with van der Waals surface area (Å²) >= 11 is 6.93. The van der Waals surface area contributed by atoms with Crippen molar-refractivity contribution in [1.82, 2.24) is 0 Å². The van der Waals surface area contributed by atoms with Gasteiger partial charge in [-0.2, -0.15) is 0 Å². The van der Waals surface area contributed by atoms with Gasteiger partial charge in [-0.05, 0) is 31.0 Å². The van der Waals surface area contributed by atoms with E-state index in [-0.39, 0.29) is 6.10 Å². The minimum atomic E-state index is -0.144. The van der Waals surface area contributed by atoms with Crippen LogP contribution < -0.4 is 5.84 Å². The molecule has 5 heteroatoms. The Morgan fingerprint density at radius 1 is 1.11 bits per heavy atom. The third-order valence-electron chi connectivity index (χ3n) is 3.27. The van der Waals surface area contributed by atoms with Crippen LogP contribution in [0.3, 0.4) is 0 Å². The Morgan fingerprint density at radius 3 is 2.22 bits per heavy atom. The zero-order valence-electron chi connectivity index (χ0n) is 10.0. The van der Waals surface area contributed by atoms with Crippen LogP contribution in [0, 0.1) is 0 Å². The molecule has 0 amide bonds. The number of benzene rings is 1. The highest BCUT2D eigenvalue weighted by atomic mass is 79.9. The summed E-state index contributed by atoms with van der Waals surface area (Å²) in [6.07, 6.45) is 5.39. The van der Waals surface area contributed by atoms with Crippen LogP contribution in [0.2, 0.25) is 0 Å². The summed E-state index contributed by atoms with van der Waals surface area (Å²) in [5.74, 6) is 6.09. The van der Waals surface area contributed by atoms with Crippen LogP contribution in [-0.2, 0) is 0 Å². The van der Waals surface area contributed by atoms with E-state index in [1.165, 1.54) is 0 Å². The Labute approximate surface area is 124 Å². The summed E-state index contributed by atoms with van der Waals surface area (Å²) in [4.78, 5) is 0. The largest absolute Gasteiger partial charge is 0.393 e. The molecule has 18 heavy (non-hydrogen) atoms. The molecule has 0 spiro atoms. The standard InChI is InChI=1S/C13H17Br2N2O/c14-10-5-9(6-11(15)7-10)8-17(16)12-1-3-13(18)4-2-12/h5-8,12-13,18H,1-4,16H2/q+1/t12-,13-. The third-order valence-corrected chi connectivity index (χ3v) is 4.19. The molecule has 3 nitrogen and oxygen atoms in total. The van der Waals surface area contributed by atoms with Gasteiger partial charge in [0.25, 0.3) is 0 Å². The number of aliphatic hydroxyl groups is 1. The molecule has 0 unspecified atom stereocenters. The smallest absolute Gasteiger partial charge is 0.200 e. The number of aliphatic hydroxyl groups excluding tert-OH is 1. The minimum Gasteiger partial charge on any atom is -0.393 e. The first kappa shape index (κ1) is 14.0. The van der Waals surface area contributed by atoms with E-state index in [1.807, 2.05) is 24.4 Å². The van der Waals surface area contributed by atoms with E-state index in [0.717, 1.165) is 40.2 Å². The molecule has 1 aliphatic carbocycles. The number of hydrogen-bond donors (Lipinski definition) is 2. The van der Waals surface area contributed by atoms with Crippen LogP contribution in [0.4, 0.5) is 0 Å². The van der Waals surface area contributed by atoms with E-state index in [9.17, 15) is 5.11 Å². The molecule has 0 saturated heterocycles. The lowest BCUT2D eigenvalue weighted by Crippen LogP contribution is -2.37. The molecule has 2 rings (SSSR count). The Hall–Kier alpha value is -0.390. The maximum atomic E-state index is 9.49. The highest BCUT2D eigenvalue weighted by Crippen LogP contribution is 2.21. The zero-order valence-corrected chi connectivity index (χ0v) is 13.2. The monoisotopic (exact) mass is 375 g/mol. The number of hydrazone groups is 1. The van der Waals surface area contributed by atoms with E-state index < -0.39 is 0 Å². The summed E-state index contributed by atoms with van der Waals surface area (Å²) in [7, 11) is 0. The lowest BCUT2D eigenvalue weighted by Gasteiger charge is -2.21. The van der Waals surface area contributed by atoms with E-state index >= 15 is 0 Å². The molecular formula is C13H17Br2N2O+. The molecule has 0 bridgehead atoms. The van der Waals surface area contributed by atoms with Crippen molar-refractivity contribution in [2.24, 2.45) is 5.84 Å². The Kier molecular flexibility index (Phi) is 4.81. The Morgan fingerprint density at radius 2 is 1.67 bits per heavy atom. The summed E-state index contributed by atoms with van der Waals surface area (Å²) in [5, 5.41) is 9.49. The predicted octanol–water partition coefficient (Wildman–Crippen LogP) is 2.82. The van der Waals surface area contributed by atoms with Gasteiger partial charge >= 0.3 is 0 Å². The fourth-order valence-electron chi connectivity index (χ4n) is 2.28. The van der Waals surface area contributed by atoms with Crippen molar-refractivity contribution < 1.29 is 9.79 Å². The minimum absolute atomic E-state index is 0.144. The average Bonchev–Trinajstić information content (AvgIpc) is 2.28. The van der Waals surface area contributed by atoms with Gasteiger partial charge < -0.3 is 5.11 Å². The summed E-state index contributed by atoms with van der Waals surface area (Å²) < 4.78 is 3.83. The first-order chi connectivity index (χ1) is 8.54. The van der Waals surface area contributed by atoms with Crippen LogP contribution in [0.1, 0.15) is 31.2 Å². The predicted molar refractivity (Wildman–Crippen MR) is 79.7 cm³/mol. The van der Waals surface area contributed by atoms with Gasteiger partial charge in [0.05, 0.1) is 6.10 Å². The number of hydrogen-bond acceptors (Lipinski definition) is 2. The fourth-order valence-corrected chi connectivity index (χ4v) is 3.61. The topological polar surface area (TPSA) is 49.3 Å². The molecule has 0 atom stereocenters. The molecule has 1 saturated carbocycles. The fraction of sp³-hybridized carbons (Fsp3) is 0.462. The highest BCUT2D eigenvalue weighted by molar-refractivity contribution is 9.11. The maximum Gasteiger partial charge on any atom is 0.200 e. The molecule has 0 aromatic heterocycles. The van der Waals surface area contributed by atoms with Gasteiger partial charge in [0.15, 0.2) is 6.04 Å². The Balaban J connectivity index is 2.12. The normalized spacial score (nSPS) is 25.2. The van der Waals surface area contributed by atoms with Crippen LogP contribution in [0.25, 0.3) is 0 Å². The van der Waals surface area contributed by atoms with E-state index in [2.05, 4.69) is 31.9 Å². The lowest BCUT2D eigenvalue weighted by atomic mass is 9.93.